The Balaban J connectivity index is 0.00000613. The Morgan fingerprint density at radius 2 is 1.46 bits per heavy atom. The van der Waals surface area contributed by atoms with Gasteiger partial charge in [-0.3, -0.25) is 19.0 Å². The van der Waals surface area contributed by atoms with Crippen molar-refractivity contribution < 1.29 is 72.9 Å². The van der Waals surface area contributed by atoms with Gasteiger partial charge in [-0.1, -0.05) is 17.9 Å². The SMILES string of the molecule is COC(CCO)CCn1cc(C#CCNC(=O)COCCOC(N)COc2cccc(C(=O)NCCNC(=O)c3cc(C(=O)O)cc(C(=O)O)c3)c2)c(N)nc1=O.OP.OP.OP. The van der Waals surface area contributed by atoms with Crippen LogP contribution in [0, 0.1) is 11.8 Å². The predicted molar refractivity (Wildman–Crippen MR) is 237 cm³/mol. The number of nitrogens with two attached hydrogens (primary N) is 2. The fourth-order valence-electron chi connectivity index (χ4n) is 4.84. The first kappa shape index (κ1) is 57.8. The summed E-state index contributed by atoms with van der Waals surface area (Å²) in [4.78, 5) is 96.5. The van der Waals surface area contributed by atoms with E-state index in [2.05, 4.69) is 32.8 Å². The van der Waals surface area contributed by atoms with E-state index in [1.165, 1.54) is 52.3 Å². The van der Waals surface area contributed by atoms with E-state index in [0.717, 1.165) is 18.2 Å². The van der Waals surface area contributed by atoms with Crippen LogP contribution >= 0.6 is 28.4 Å². The summed E-state index contributed by atoms with van der Waals surface area (Å²) >= 11 is 0. The molecule has 5 unspecified atom stereocenters. The van der Waals surface area contributed by atoms with Crippen molar-refractivity contribution >= 4 is 63.9 Å². The van der Waals surface area contributed by atoms with Gasteiger partial charge >= 0.3 is 17.6 Å². The van der Waals surface area contributed by atoms with Crippen molar-refractivity contribution in [3.05, 3.63) is 87.0 Å². The Morgan fingerprint density at radius 3 is 2.05 bits per heavy atom. The Kier molecular flexibility index (Phi) is 31.5. The molecule has 13 N–H and O–H groups in total. The van der Waals surface area contributed by atoms with Crippen LogP contribution in [0.15, 0.2) is 53.5 Å². The number of aliphatic hydroxyl groups is 1. The number of carboxylic acid groups (broad SMARTS) is 2. The molecule has 0 fully saturated rings. The highest BCUT2D eigenvalue weighted by Crippen LogP contribution is 2.14. The van der Waals surface area contributed by atoms with Gasteiger partial charge in [-0.15, -0.1) is 0 Å². The molecule has 0 aliphatic heterocycles. The minimum Gasteiger partial charge on any atom is -0.489 e. The zero-order valence-corrected chi connectivity index (χ0v) is 37.6. The lowest BCUT2D eigenvalue weighted by atomic mass is 10.1. The van der Waals surface area contributed by atoms with Gasteiger partial charge in [0.1, 0.15) is 31.0 Å². The number of carbonyl (C=O) groups is 5. The fraction of sp³-hybridized carbons (Fsp3) is 0.378. The number of carbonyl (C=O) groups excluding carboxylic acids is 3. The molecule has 0 bridgehead atoms. The number of benzene rings is 2. The summed E-state index contributed by atoms with van der Waals surface area (Å²) in [5.41, 5.74) is 10.9. The van der Waals surface area contributed by atoms with E-state index in [4.69, 9.17) is 50.2 Å². The van der Waals surface area contributed by atoms with Gasteiger partial charge < -0.3 is 76.4 Å². The van der Waals surface area contributed by atoms with Crippen LogP contribution in [0.25, 0.3) is 0 Å². The van der Waals surface area contributed by atoms with Crippen LogP contribution in [0.1, 0.15) is 59.8 Å². The number of nitrogen functional groups attached to an aromatic ring is 1. The molecule has 0 spiro atoms. The summed E-state index contributed by atoms with van der Waals surface area (Å²) in [5, 5.41) is 35.2. The van der Waals surface area contributed by atoms with Crippen molar-refractivity contribution in [3.8, 4) is 17.6 Å². The van der Waals surface area contributed by atoms with Crippen LogP contribution in [-0.4, -0.2) is 141 Å². The molecule has 348 valence electrons. The van der Waals surface area contributed by atoms with E-state index in [-0.39, 0.29) is 93.4 Å². The van der Waals surface area contributed by atoms with Gasteiger partial charge in [0.05, 0.1) is 42.6 Å². The smallest absolute Gasteiger partial charge is 0.349 e. The van der Waals surface area contributed by atoms with Crippen LogP contribution in [0.5, 0.6) is 5.75 Å². The first-order chi connectivity index (χ1) is 30.3. The lowest BCUT2D eigenvalue weighted by Crippen LogP contribution is -2.35. The average molecular weight is 946 g/mol. The number of methoxy groups -OCH3 is 1. The molecule has 3 rings (SSSR count). The molecule has 0 saturated carbocycles. The molecule has 3 amide bonds. The molecule has 1 heterocycles. The predicted octanol–water partition coefficient (Wildman–Crippen LogP) is -1.66. The highest BCUT2D eigenvalue weighted by atomic mass is 31.0. The van der Waals surface area contributed by atoms with E-state index in [1.54, 1.807) is 18.2 Å². The maximum atomic E-state index is 12.6. The Labute approximate surface area is 369 Å². The molecule has 2 aromatic carbocycles. The monoisotopic (exact) mass is 945 g/mol. The number of aromatic carboxylic acids is 2. The summed E-state index contributed by atoms with van der Waals surface area (Å²) in [6.45, 7) is -0.0363. The fourth-order valence-corrected chi connectivity index (χ4v) is 4.84. The van der Waals surface area contributed by atoms with Crippen molar-refractivity contribution in [1.29, 1.82) is 0 Å². The Bertz CT molecular complexity index is 1990. The largest absolute Gasteiger partial charge is 0.489 e. The maximum absolute atomic E-state index is 12.6. The molecule has 0 aliphatic carbocycles. The number of aromatic nitrogens is 2. The van der Waals surface area contributed by atoms with Gasteiger partial charge in [-0.2, -0.15) is 4.98 Å². The maximum Gasteiger partial charge on any atom is 0.349 e. The normalized spacial score (nSPS) is 10.9. The number of hydrogen-bond donors (Lipinski definition) is 11. The number of carboxylic acids is 2. The van der Waals surface area contributed by atoms with Crippen molar-refractivity contribution in [2.75, 3.05) is 65.5 Å². The van der Waals surface area contributed by atoms with Crippen LogP contribution in [-0.2, 0) is 25.5 Å². The van der Waals surface area contributed by atoms with Crippen molar-refractivity contribution in [2.24, 2.45) is 5.73 Å². The second-order valence-electron chi connectivity index (χ2n) is 12.0. The molecule has 3 aromatic rings. The zero-order chi connectivity index (χ0) is 47.7. The quantitative estimate of drug-likeness (QED) is 0.0219. The minimum absolute atomic E-state index is 0.00809. The molecule has 63 heavy (non-hydrogen) atoms. The summed E-state index contributed by atoms with van der Waals surface area (Å²) in [6, 6.07) is 9.25. The lowest BCUT2D eigenvalue weighted by Gasteiger charge is -2.15. The number of nitrogens with one attached hydrogen (secondary N) is 3. The van der Waals surface area contributed by atoms with E-state index in [1.807, 2.05) is 0 Å². The van der Waals surface area contributed by atoms with Crippen molar-refractivity contribution in [1.82, 2.24) is 25.5 Å². The third kappa shape index (κ3) is 23.2. The highest BCUT2D eigenvalue weighted by molar-refractivity contribution is 7.08. The second-order valence-corrected chi connectivity index (χ2v) is 12.0. The summed E-state index contributed by atoms with van der Waals surface area (Å²) in [6.07, 6.45) is 1.30. The third-order valence-corrected chi connectivity index (χ3v) is 7.78. The first-order valence-corrected chi connectivity index (χ1v) is 19.8. The Hall–Kier alpha value is -5.20. The number of aryl methyl sites for hydroxylation is 1. The number of nitrogens with zero attached hydrogens (tertiary/aromatic N) is 2. The van der Waals surface area contributed by atoms with Gasteiger partial charge in [0.2, 0.25) is 5.91 Å². The highest BCUT2D eigenvalue weighted by Gasteiger charge is 2.16. The average Bonchev–Trinajstić information content (AvgIpc) is 3.29. The van der Waals surface area contributed by atoms with Crippen LogP contribution in [0.2, 0.25) is 0 Å². The minimum atomic E-state index is -1.39. The van der Waals surface area contributed by atoms with Gasteiger partial charge in [-0.25, -0.2) is 14.4 Å². The number of rotatable bonds is 23. The van der Waals surface area contributed by atoms with Crippen molar-refractivity contribution in [3.63, 3.8) is 0 Å². The van der Waals surface area contributed by atoms with Gasteiger partial charge in [-0.05, 0) is 77.6 Å². The summed E-state index contributed by atoms with van der Waals surface area (Å²) in [7, 11) is 5.77. The molecular formula is C37H54N7O16P3. The topological polar surface area (TPSA) is 367 Å². The molecule has 0 aliphatic rings. The van der Waals surface area contributed by atoms with Crippen LogP contribution in [0.4, 0.5) is 5.82 Å². The summed E-state index contributed by atoms with van der Waals surface area (Å²) < 4.78 is 23.0. The molecule has 5 atom stereocenters. The molecule has 1 aromatic heterocycles. The second kappa shape index (κ2) is 34.3. The van der Waals surface area contributed by atoms with Crippen LogP contribution in [0.3, 0.4) is 0 Å². The number of amides is 3. The van der Waals surface area contributed by atoms with Gasteiger partial charge in [0, 0.05) is 50.7 Å². The molecule has 23 nitrogen and oxygen atoms in total. The van der Waals surface area contributed by atoms with E-state index in [0.29, 0.717) is 24.2 Å². The number of anilines is 1. The van der Waals surface area contributed by atoms with Gasteiger partial charge in [0.25, 0.3) is 11.8 Å². The van der Waals surface area contributed by atoms with Crippen LogP contribution < -0.4 is 37.8 Å². The third-order valence-electron chi connectivity index (χ3n) is 7.78. The van der Waals surface area contributed by atoms with E-state index >= 15 is 0 Å². The van der Waals surface area contributed by atoms with Crippen molar-refractivity contribution in [2.45, 2.75) is 31.7 Å². The Morgan fingerprint density at radius 1 is 0.857 bits per heavy atom. The molecule has 0 radical (unpaired) electrons. The number of aliphatic hydroxyl groups excluding tert-OH is 1. The summed E-state index contributed by atoms with van der Waals surface area (Å²) in [5.74, 6) is 1.42. The standard InChI is InChI=1S/C37H45N7O13.3H3OP/c1-54-28(8-13-45)7-12-44-20-24(32(39)43-37(44)53)5-3-9-40-31(46)22-55-14-15-56-30(38)21-57-29-6-2-4-23(19-29)33(47)41-10-11-42-34(48)25-16-26(35(49)50)18-27(17-25)36(51)52;3*1-2/h2,4,6,16-20,28,30,45H,7-15,21-22,38H2,1H3,(H,40,46)(H,41,47)(H,42,48)(H,49,50)(H,51,52)(H2,39,43,53);3*1H,2H2. The number of hydrogen-bond acceptors (Lipinski definition) is 17. The molecule has 26 heteroatoms. The van der Waals surface area contributed by atoms with E-state index < -0.39 is 41.6 Å². The number of ether oxygens (including phenoxy) is 4. The molecular weight excluding hydrogens is 891 g/mol. The lowest BCUT2D eigenvalue weighted by molar-refractivity contribution is -0.126. The molecule has 0 saturated heterocycles. The zero-order valence-electron chi connectivity index (χ0n) is 34.1. The first-order valence-electron chi connectivity index (χ1n) is 18.2. The van der Waals surface area contributed by atoms with Gasteiger partial charge in [0.15, 0.2) is 0 Å². The van der Waals surface area contributed by atoms with E-state index in [9.17, 15) is 39.0 Å².